The van der Waals surface area contributed by atoms with Crippen LogP contribution >= 0.6 is 0 Å². The number of nitrogens with one attached hydrogen (secondary N) is 2. The van der Waals surface area contributed by atoms with Crippen molar-refractivity contribution in [1.29, 1.82) is 0 Å². The number of nitrogens with two attached hydrogens (primary N) is 1. The molecule has 0 rings (SSSR count). The maximum absolute atomic E-state index is 5.33. The minimum atomic E-state index is 0. The molecule has 0 aromatic carbocycles. The summed E-state index contributed by atoms with van der Waals surface area (Å²) in [5.41, 5.74) is 5.33. The molecule has 0 aliphatic carbocycles. The van der Waals surface area contributed by atoms with Crippen LogP contribution in [0.1, 0.15) is 12.8 Å². The maximum atomic E-state index is 5.33. The molecule has 0 spiro atoms. The Morgan fingerprint density at radius 1 is 1.00 bits per heavy atom. The topological polar surface area (TPSA) is 50.1 Å². The summed E-state index contributed by atoms with van der Waals surface area (Å²) in [6.07, 6.45) is 2.03. The number of rotatable bonds is 8. The summed E-state index contributed by atoms with van der Waals surface area (Å²) in [5, 5.41) is 6.54. The molecule has 0 saturated heterocycles. The fourth-order valence-electron chi connectivity index (χ4n) is 0.779. The minimum Gasteiger partial charge on any atom is -0.342 e. The van der Waals surface area contributed by atoms with Crippen molar-refractivity contribution in [3.63, 3.8) is 0 Å². The van der Waals surface area contributed by atoms with Crippen LogP contribution < -0.4 is 16.4 Å². The Bertz CT molecular complexity index is 63.3. The monoisotopic (exact) mass is 247 g/mol. The first kappa shape index (κ1) is 15.5. The van der Waals surface area contributed by atoms with Crippen LogP contribution in [0.15, 0.2) is 0 Å². The third-order valence-corrected chi connectivity index (χ3v) is 1.39. The summed E-state index contributed by atoms with van der Waals surface area (Å²) in [4.78, 5) is 0. The van der Waals surface area contributed by atoms with E-state index in [0.717, 1.165) is 45.6 Å². The first-order valence-electron chi connectivity index (χ1n) is 4.32. The van der Waals surface area contributed by atoms with Crippen LogP contribution in [0.5, 0.6) is 0 Å². The molecule has 0 unspecified atom stereocenters. The number of hydrogen-bond acceptors (Lipinski definition) is 3. The minimum absolute atomic E-state index is 0. The standard InChI is InChI=1S/C8H20N3.Y/c1-2-5-10-7-8-11-6-3-4-9;/h10-11H,1-9H2;/q-1;. The van der Waals surface area contributed by atoms with E-state index >= 15 is 0 Å². The zero-order chi connectivity index (χ0) is 8.36. The number of hydrogen-bond donors (Lipinski definition) is 3. The maximum Gasteiger partial charge on any atom is 0.00767 e. The largest absolute Gasteiger partial charge is 0.342 e. The van der Waals surface area contributed by atoms with Crippen molar-refractivity contribution in [2.24, 2.45) is 5.73 Å². The van der Waals surface area contributed by atoms with Crippen molar-refractivity contribution >= 4 is 0 Å². The van der Waals surface area contributed by atoms with Gasteiger partial charge in [-0.05, 0) is 26.1 Å². The molecule has 0 fully saturated rings. The molecule has 0 aromatic heterocycles. The molecule has 1 radical (unpaired) electrons. The van der Waals surface area contributed by atoms with E-state index in [1.54, 1.807) is 0 Å². The predicted octanol–water partition coefficient (Wildman–Crippen LogP) is -0.264. The quantitative estimate of drug-likeness (QED) is 0.409. The molecule has 0 aliphatic rings. The van der Waals surface area contributed by atoms with Gasteiger partial charge in [0, 0.05) is 45.8 Å². The third kappa shape index (κ3) is 13.6. The summed E-state index contributed by atoms with van der Waals surface area (Å²) in [6, 6.07) is 0. The van der Waals surface area contributed by atoms with Gasteiger partial charge in [0.2, 0.25) is 0 Å². The van der Waals surface area contributed by atoms with E-state index in [-0.39, 0.29) is 32.7 Å². The Morgan fingerprint density at radius 3 is 2.08 bits per heavy atom. The first-order chi connectivity index (χ1) is 5.41. The Labute approximate surface area is 101 Å². The molecule has 12 heavy (non-hydrogen) atoms. The molecule has 0 atom stereocenters. The van der Waals surface area contributed by atoms with Gasteiger partial charge in [0.25, 0.3) is 0 Å². The second-order valence-electron chi connectivity index (χ2n) is 2.50. The summed E-state index contributed by atoms with van der Waals surface area (Å²) in [5.74, 6) is 0. The van der Waals surface area contributed by atoms with Crippen molar-refractivity contribution in [3.8, 4) is 0 Å². The molecule has 0 aromatic rings. The average Bonchev–Trinajstić information content (AvgIpc) is 2.03. The Kier molecular flexibility index (Phi) is 18.7. The summed E-state index contributed by atoms with van der Waals surface area (Å²) in [7, 11) is 0. The van der Waals surface area contributed by atoms with E-state index < -0.39 is 0 Å². The second-order valence-corrected chi connectivity index (χ2v) is 2.50. The van der Waals surface area contributed by atoms with Crippen molar-refractivity contribution < 1.29 is 32.7 Å². The van der Waals surface area contributed by atoms with Gasteiger partial charge in [-0.1, -0.05) is 0 Å². The SMILES string of the molecule is [CH2-]CCNCCNCCCN.[Y]. The normalized spacial score (nSPS) is 9.50. The van der Waals surface area contributed by atoms with E-state index in [0.29, 0.717) is 0 Å². The Morgan fingerprint density at radius 2 is 1.58 bits per heavy atom. The zero-order valence-electron chi connectivity index (χ0n) is 7.81. The third-order valence-electron chi connectivity index (χ3n) is 1.39. The molecule has 0 saturated carbocycles. The molecule has 0 bridgehead atoms. The van der Waals surface area contributed by atoms with Crippen LogP contribution in [0.3, 0.4) is 0 Å². The van der Waals surface area contributed by atoms with Crippen LogP contribution in [0.25, 0.3) is 0 Å². The van der Waals surface area contributed by atoms with Gasteiger partial charge >= 0.3 is 0 Å². The van der Waals surface area contributed by atoms with Crippen LogP contribution in [-0.2, 0) is 32.7 Å². The molecular formula is C8H20N3Y-. The van der Waals surface area contributed by atoms with Gasteiger partial charge in [0.05, 0.1) is 0 Å². The average molecular weight is 247 g/mol. The van der Waals surface area contributed by atoms with Crippen LogP contribution in [0, 0.1) is 6.92 Å². The molecule has 4 heteroatoms. The van der Waals surface area contributed by atoms with E-state index in [1.165, 1.54) is 0 Å². The summed E-state index contributed by atoms with van der Waals surface area (Å²) in [6.45, 7) is 8.61. The van der Waals surface area contributed by atoms with E-state index in [4.69, 9.17) is 5.73 Å². The predicted molar refractivity (Wildman–Crippen MR) is 49.4 cm³/mol. The van der Waals surface area contributed by atoms with Crippen molar-refractivity contribution in [2.45, 2.75) is 12.8 Å². The molecular weight excluding hydrogens is 227 g/mol. The molecule has 0 heterocycles. The van der Waals surface area contributed by atoms with Gasteiger partial charge in [-0.15, -0.1) is 0 Å². The van der Waals surface area contributed by atoms with Gasteiger partial charge in [-0.3, -0.25) is 0 Å². The van der Waals surface area contributed by atoms with E-state index in [9.17, 15) is 0 Å². The van der Waals surface area contributed by atoms with Crippen LogP contribution in [0.2, 0.25) is 0 Å². The van der Waals surface area contributed by atoms with Gasteiger partial charge in [0.1, 0.15) is 0 Å². The second kappa shape index (κ2) is 14.5. The Hall–Kier alpha value is 0.984. The first-order valence-corrected chi connectivity index (χ1v) is 4.32. The zero-order valence-corrected chi connectivity index (χ0v) is 10.6. The van der Waals surface area contributed by atoms with Gasteiger partial charge < -0.3 is 23.3 Å². The smallest absolute Gasteiger partial charge is 0.00767 e. The molecule has 0 aliphatic heterocycles. The fraction of sp³-hybridized carbons (Fsp3) is 0.875. The summed E-state index contributed by atoms with van der Waals surface area (Å²) >= 11 is 0. The van der Waals surface area contributed by atoms with Gasteiger partial charge in [0.15, 0.2) is 0 Å². The fourth-order valence-corrected chi connectivity index (χ4v) is 0.779. The Balaban J connectivity index is 0. The van der Waals surface area contributed by atoms with Gasteiger partial charge in [-0.25, -0.2) is 0 Å². The van der Waals surface area contributed by atoms with Gasteiger partial charge in [-0.2, -0.15) is 6.42 Å². The van der Waals surface area contributed by atoms with Crippen LogP contribution in [0.4, 0.5) is 0 Å². The van der Waals surface area contributed by atoms with E-state index in [2.05, 4.69) is 17.6 Å². The van der Waals surface area contributed by atoms with Crippen molar-refractivity contribution in [2.75, 3.05) is 32.7 Å². The molecule has 3 nitrogen and oxygen atoms in total. The van der Waals surface area contributed by atoms with Crippen LogP contribution in [-0.4, -0.2) is 32.7 Å². The summed E-state index contributed by atoms with van der Waals surface area (Å²) < 4.78 is 0. The molecule has 4 N–H and O–H groups in total. The van der Waals surface area contributed by atoms with Crippen molar-refractivity contribution in [3.05, 3.63) is 6.92 Å². The molecule has 71 valence electrons. The van der Waals surface area contributed by atoms with E-state index in [1.807, 2.05) is 0 Å². The molecule has 0 amide bonds. The van der Waals surface area contributed by atoms with Crippen molar-refractivity contribution in [1.82, 2.24) is 10.6 Å².